The van der Waals surface area contributed by atoms with Gasteiger partial charge >= 0.3 is 12.0 Å². The van der Waals surface area contributed by atoms with E-state index >= 15 is 0 Å². The lowest BCUT2D eigenvalue weighted by molar-refractivity contribution is -0.133. The highest BCUT2D eigenvalue weighted by atomic mass is 32.1. The van der Waals surface area contributed by atoms with Gasteiger partial charge in [0.15, 0.2) is 0 Å². The van der Waals surface area contributed by atoms with Crippen molar-refractivity contribution in [3.63, 3.8) is 0 Å². The summed E-state index contributed by atoms with van der Waals surface area (Å²) in [7, 11) is 1.31. The summed E-state index contributed by atoms with van der Waals surface area (Å²) < 4.78 is 4.92. The van der Waals surface area contributed by atoms with Crippen LogP contribution >= 0.6 is 11.3 Å². The van der Waals surface area contributed by atoms with E-state index < -0.39 is 35.9 Å². The van der Waals surface area contributed by atoms with E-state index in [2.05, 4.69) is 10.6 Å². The summed E-state index contributed by atoms with van der Waals surface area (Å²) in [6.07, 6.45) is 5.19. The molecule has 1 aromatic heterocycles. The number of nitrogens with zero attached hydrogens (tertiary/aromatic N) is 1. The number of carbonyl (C=O) groups excluding carboxylic acids is 4. The van der Waals surface area contributed by atoms with Crippen molar-refractivity contribution in [2.75, 3.05) is 19.0 Å². The molecule has 1 aliphatic heterocycles. The van der Waals surface area contributed by atoms with Crippen molar-refractivity contribution < 1.29 is 23.9 Å². The van der Waals surface area contributed by atoms with Crippen LogP contribution in [0, 0.1) is 0 Å². The summed E-state index contributed by atoms with van der Waals surface area (Å²) in [4.78, 5) is 51.5. The molecule has 1 saturated heterocycles. The third-order valence-electron chi connectivity index (χ3n) is 5.42. The Balaban J connectivity index is 1.80. The molecule has 2 N–H and O–H groups in total. The summed E-state index contributed by atoms with van der Waals surface area (Å²) in [5.74, 6) is -1.43. The number of amides is 4. The predicted octanol–water partition coefficient (Wildman–Crippen LogP) is 2.46. The number of thiophene rings is 1. The number of hydrogen-bond donors (Lipinski definition) is 2. The molecule has 4 amide bonds. The number of carbonyl (C=O) groups is 4. The smallest absolute Gasteiger partial charge is 0.341 e. The van der Waals surface area contributed by atoms with E-state index in [1.165, 1.54) is 18.4 Å². The Morgan fingerprint density at radius 3 is 2.61 bits per heavy atom. The van der Waals surface area contributed by atoms with Gasteiger partial charge in [0.2, 0.25) is 5.91 Å². The first kappa shape index (κ1) is 20.3. The van der Waals surface area contributed by atoms with Gasteiger partial charge in [0.1, 0.15) is 17.1 Å². The minimum Gasteiger partial charge on any atom is -0.465 e. The lowest BCUT2D eigenvalue weighted by Gasteiger charge is -2.19. The lowest BCUT2D eigenvalue weighted by Crippen LogP contribution is -2.44. The average molecular weight is 407 g/mol. The molecule has 0 unspecified atom stereocenters. The van der Waals surface area contributed by atoms with Crippen molar-refractivity contribution in [1.82, 2.24) is 10.2 Å². The monoisotopic (exact) mass is 407 g/mol. The van der Waals surface area contributed by atoms with E-state index in [0.717, 1.165) is 47.4 Å². The maximum atomic E-state index is 12.6. The van der Waals surface area contributed by atoms with Crippen molar-refractivity contribution in [2.45, 2.75) is 57.9 Å². The molecule has 0 spiro atoms. The molecule has 2 aliphatic rings. The van der Waals surface area contributed by atoms with E-state index in [9.17, 15) is 19.2 Å². The minimum absolute atomic E-state index is 0.397. The van der Waals surface area contributed by atoms with Crippen LogP contribution in [0.1, 0.15) is 60.3 Å². The second-order valence-corrected chi connectivity index (χ2v) is 8.42. The van der Waals surface area contributed by atoms with Gasteiger partial charge in [-0.15, -0.1) is 11.3 Å². The van der Waals surface area contributed by atoms with E-state index in [1.54, 1.807) is 13.8 Å². The number of ether oxygens (including phenoxy) is 1. The fraction of sp³-hybridized carbons (Fsp3) is 0.579. The molecule has 0 aromatic carbocycles. The number of rotatable bonds is 5. The van der Waals surface area contributed by atoms with Crippen LogP contribution in [0.2, 0.25) is 0 Å². The van der Waals surface area contributed by atoms with E-state index in [0.29, 0.717) is 17.0 Å². The molecular formula is C19H25N3O5S. The number of methoxy groups -OCH3 is 1. The van der Waals surface area contributed by atoms with Gasteiger partial charge in [0.25, 0.3) is 5.91 Å². The number of aryl methyl sites for hydroxylation is 1. The van der Waals surface area contributed by atoms with Crippen LogP contribution in [-0.4, -0.2) is 47.9 Å². The number of nitrogens with one attached hydrogen (secondary N) is 2. The second-order valence-electron chi connectivity index (χ2n) is 7.32. The van der Waals surface area contributed by atoms with Crippen molar-refractivity contribution in [3.05, 3.63) is 16.0 Å². The van der Waals surface area contributed by atoms with Gasteiger partial charge in [0.05, 0.1) is 12.7 Å². The van der Waals surface area contributed by atoms with Gasteiger partial charge in [-0.05, 0) is 44.6 Å². The zero-order valence-corrected chi connectivity index (χ0v) is 17.2. The number of hydrogen-bond acceptors (Lipinski definition) is 6. The molecule has 0 bridgehead atoms. The average Bonchev–Trinajstić information content (AvgIpc) is 2.98. The van der Waals surface area contributed by atoms with Gasteiger partial charge in [-0.2, -0.15) is 0 Å². The van der Waals surface area contributed by atoms with Crippen LogP contribution in [0.25, 0.3) is 0 Å². The predicted molar refractivity (Wildman–Crippen MR) is 104 cm³/mol. The first-order valence-corrected chi connectivity index (χ1v) is 10.3. The summed E-state index contributed by atoms with van der Waals surface area (Å²) in [6.45, 7) is 3.03. The number of imide groups is 1. The van der Waals surface area contributed by atoms with E-state index in [1.807, 2.05) is 0 Å². The molecule has 1 aliphatic carbocycles. The summed E-state index contributed by atoms with van der Waals surface area (Å²) in [5.41, 5.74) is 0.348. The zero-order chi connectivity index (χ0) is 20.5. The van der Waals surface area contributed by atoms with Gasteiger partial charge in [-0.25, -0.2) is 9.59 Å². The molecule has 1 atom stereocenters. The summed E-state index contributed by atoms with van der Waals surface area (Å²) >= 11 is 1.37. The lowest BCUT2D eigenvalue weighted by atomic mass is 9.99. The fourth-order valence-corrected chi connectivity index (χ4v) is 4.88. The van der Waals surface area contributed by atoms with Gasteiger partial charge in [-0.3, -0.25) is 14.5 Å². The highest BCUT2D eigenvalue weighted by Gasteiger charge is 2.47. The summed E-state index contributed by atoms with van der Waals surface area (Å²) in [6, 6.07) is -0.584. The van der Waals surface area contributed by atoms with Crippen LogP contribution in [0.15, 0.2) is 0 Å². The van der Waals surface area contributed by atoms with Gasteiger partial charge < -0.3 is 15.4 Å². The van der Waals surface area contributed by atoms with Crippen LogP contribution < -0.4 is 10.6 Å². The third kappa shape index (κ3) is 3.63. The number of urea groups is 1. The Kier molecular flexibility index (Phi) is 5.74. The molecule has 3 rings (SSSR count). The molecule has 9 heteroatoms. The number of fused-ring (bicyclic) bond motifs is 1. The van der Waals surface area contributed by atoms with Crippen LogP contribution in [0.4, 0.5) is 9.80 Å². The molecule has 152 valence electrons. The van der Waals surface area contributed by atoms with Gasteiger partial charge in [-0.1, -0.05) is 13.3 Å². The maximum absolute atomic E-state index is 12.6. The number of anilines is 1. The molecule has 28 heavy (non-hydrogen) atoms. The first-order valence-electron chi connectivity index (χ1n) is 9.47. The highest BCUT2D eigenvalue weighted by molar-refractivity contribution is 7.17. The fourth-order valence-electron chi connectivity index (χ4n) is 3.59. The largest absolute Gasteiger partial charge is 0.465 e. The highest BCUT2D eigenvalue weighted by Crippen LogP contribution is 2.38. The molecule has 2 heterocycles. The van der Waals surface area contributed by atoms with Crippen LogP contribution in [0.3, 0.4) is 0 Å². The molecule has 0 radical (unpaired) electrons. The number of esters is 1. The Labute approximate surface area is 167 Å². The standard InChI is InChI=1S/C19H25N3O5S/c1-4-19(2)17(25)22(18(26)21-19)10-13(23)20-15-14(16(24)27-3)11-8-6-5-7-9-12(11)28-15/h4-10H2,1-3H3,(H,20,23)(H,21,26)/t19-/m1/s1. The Morgan fingerprint density at radius 2 is 1.96 bits per heavy atom. The molecule has 1 fully saturated rings. The minimum atomic E-state index is -0.991. The topological polar surface area (TPSA) is 105 Å². The van der Waals surface area contributed by atoms with Crippen LogP contribution in [0.5, 0.6) is 0 Å². The van der Waals surface area contributed by atoms with Crippen molar-refractivity contribution in [2.24, 2.45) is 0 Å². The van der Waals surface area contributed by atoms with Crippen molar-refractivity contribution in [3.8, 4) is 0 Å². The SMILES string of the molecule is CC[C@@]1(C)NC(=O)N(CC(=O)Nc2sc3c(c2C(=O)OC)CCCCC3)C1=O. The van der Waals surface area contributed by atoms with Crippen molar-refractivity contribution in [1.29, 1.82) is 0 Å². The quantitative estimate of drug-likeness (QED) is 0.443. The van der Waals surface area contributed by atoms with Crippen LogP contribution in [-0.2, 0) is 27.2 Å². The Bertz CT molecular complexity index is 834. The third-order valence-corrected chi connectivity index (χ3v) is 6.62. The normalized spacial score (nSPS) is 21.8. The Morgan fingerprint density at radius 1 is 1.25 bits per heavy atom. The molecular weight excluding hydrogens is 382 g/mol. The first-order chi connectivity index (χ1) is 13.3. The second kappa shape index (κ2) is 7.90. The molecule has 0 saturated carbocycles. The zero-order valence-electron chi connectivity index (χ0n) is 16.3. The van der Waals surface area contributed by atoms with Crippen molar-refractivity contribution >= 4 is 40.2 Å². The van der Waals surface area contributed by atoms with E-state index in [4.69, 9.17) is 4.74 Å². The summed E-state index contributed by atoms with van der Waals surface area (Å²) in [5, 5.41) is 5.77. The molecule has 1 aromatic rings. The van der Waals surface area contributed by atoms with E-state index in [-0.39, 0.29) is 0 Å². The molecule has 8 nitrogen and oxygen atoms in total. The van der Waals surface area contributed by atoms with Gasteiger partial charge in [0, 0.05) is 4.88 Å². The maximum Gasteiger partial charge on any atom is 0.341 e. The Hall–Kier alpha value is -2.42.